The first-order valence-electron chi connectivity index (χ1n) is 10.1. The fraction of sp³-hybridized carbons (Fsp3) is 0.348. The molecule has 0 amide bonds. The van der Waals surface area contributed by atoms with Crippen LogP contribution in [0.2, 0.25) is 0 Å². The molecule has 0 aliphatic carbocycles. The van der Waals surface area contributed by atoms with Gasteiger partial charge < -0.3 is 19.9 Å². The van der Waals surface area contributed by atoms with Gasteiger partial charge in [-0.3, -0.25) is 4.68 Å². The third kappa shape index (κ3) is 4.96. The summed E-state index contributed by atoms with van der Waals surface area (Å²) in [6.45, 7) is 4.97. The summed E-state index contributed by atoms with van der Waals surface area (Å²) in [6.07, 6.45) is 2.56. The zero-order valence-corrected chi connectivity index (χ0v) is 16.7. The van der Waals surface area contributed by atoms with Gasteiger partial charge in [0.25, 0.3) is 0 Å². The maximum absolute atomic E-state index is 9.56. The summed E-state index contributed by atoms with van der Waals surface area (Å²) in [7, 11) is 0. The third-order valence-corrected chi connectivity index (χ3v) is 4.80. The Morgan fingerprint density at radius 2 is 1.90 bits per heavy atom. The van der Waals surface area contributed by atoms with Crippen LogP contribution in [0.3, 0.4) is 0 Å². The molecule has 0 radical (unpaired) electrons. The van der Waals surface area contributed by atoms with Gasteiger partial charge in [-0.25, -0.2) is 0 Å². The highest BCUT2D eigenvalue weighted by atomic mass is 16.5. The molecule has 3 aromatic rings. The second-order valence-electron chi connectivity index (χ2n) is 7.38. The van der Waals surface area contributed by atoms with Crippen LogP contribution in [-0.2, 0) is 13.1 Å². The summed E-state index contributed by atoms with van der Waals surface area (Å²) >= 11 is 0. The minimum Gasteiger partial charge on any atom is -0.490 e. The molecule has 0 bridgehead atoms. The third-order valence-electron chi connectivity index (χ3n) is 4.80. The van der Waals surface area contributed by atoms with E-state index < -0.39 is 6.10 Å². The minimum atomic E-state index is -0.393. The molecule has 1 atom stereocenters. The van der Waals surface area contributed by atoms with Crippen LogP contribution in [0.25, 0.3) is 11.3 Å². The second kappa shape index (κ2) is 9.11. The Kier molecular flexibility index (Phi) is 6.12. The van der Waals surface area contributed by atoms with E-state index in [2.05, 4.69) is 23.6 Å². The maximum atomic E-state index is 9.56. The monoisotopic (exact) mass is 393 g/mol. The van der Waals surface area contributed by atoms with Crippen LogP contribution in [0.4, 0.5) is 0 Å². The predicted molar refractivity (Wildman–Crippen MR) is 112 cm³/mol. The quantitative estimate of drug-likeness (QED) is 0.645. The van der Waals surface area contributed by atoms with Gasteiger partial charge >= 0.3 is 0 Å². The van der Waals surface area contributed by atoms with Crippen molar-refractivity contribution in [2.75, 3.05) is 19.8 Å². The van der Waals surface area contributed by atoms with Crippen molar-refractivity contribution in [3.8, 4) is 22.8 Å². The van der Waals surface area contributed by atoms with E-state index >= 15 is 0 Å². The number of nitrogens with one attached hydrogen (secondary N) is 1. The zero-order valence-electron chi connectivity index (χ0n) is 16.7. The van der Waals surface area contributed by atoms with E-state index in [0.717, 1.165) is 34.7 Å². The molecular weight excluding hydrogens is 366 g/mol. The number of aliphatic hydroxyl groups is 1. The lowest BCUT2D eigenvalue weighted by Crippen LogP contribution is -2.23. The average molecular weight is 393 g/mol. The van der Waals surface area contributed by atoms with Crippen LogP contribution >= 0.6 is 0 Å². The van der Waals surface area contributed by atoms with Gasteiger partial charge in [-0.2, -0.15) is 5.10 Å². The Bertz CT molecular complexity index is 938. The lowest BCUT2D eigenvalue weighted by molar-refractivity contribution is 0.191. The fourth-order valence-electron chi connectivity index (χ4n) is 3.41. The topological polar surface area (TPSA) is 68.5 Å². The number of hydrogen-bond acceptors (Lipinski definition) is 5. The van der Waals surface area contributed by atoms with Gasteiger partial charge in [0.1, 0.15) is 0 Å². The summed E-state index contributed by atoms with van der Waals surface area (Å²) < 4.78 is 13.6. The number of aromatic nitrogens is 2. The molecule has 152 valence electrons. The standard InChI is InChI=1S/C23H27N3O3/c1-17(27)13-24-14-20-16-26(15-18-6-3-2-4-7-18)25-23(20)19-8-9-21-22(12-19)29-11-5-10-28-21/h2-4,6-9,12,16-17,24,27H,5,10-11,13-15H2,1H3. The zero-order chi connectivity index (χ0) is 20.1. The smallest absolute Gasteiger partial charge is 0.161 e. The average Bonchev–Trinajstić information content (AvgIpc) is 2.96. The molecule has 4 rings (SSSR count). The number of benzene rings is 2. The highest BCUT2D eigenvalue weighted by molar-refractivity contribution is 5.66. The Morgan fingerprint density at radius 1 is 1.10 bits per heavy atom. The van der Waals surface area contributed by atoms with Gasteiger partial charge in [-0.15, -0.1) is 0 Å². The Balaban J connectivity index is 1.63. The molecule has 1 unspecified atom stereocenters. The van der Waals surface area contributed by atoms with Crippen LogP contribution in [0.1, 0.15) is 24.5 Å². The molecule has 29 heavy (non-hydrogen) atoms. The predicted octanol–water partition coefficient (Wildman–Crippen LogP) is 3.23. The summed E-state index contributed by atoms with van der Waals surface area (Å²) in [5.74, 6) is 1.55. The van der Waals surface area contributed by atoms with E-state index in [0.29, 0.717) is 32.8 Å². The molecule has 1 aromatic heterocycles. The number of rotatable bonds is 7. The molecule has 6 heteroatoms. The highest BCUT2D eigenvalue weighted by Gasteiger charge is 2.16. The molecule has 2 aromatic carbocycles. The van der Waals surface area contributed by atoms with Gasteiger partial charge in [-0.05, 0) is 30.7 Å². The van der Waals surface area contributed by atoms with Crippen molar-refractivity contribution in [3.05, 3.63) is 65.9 Å². The molecule has 0 saturated heterocycles. The molecule has 2 N–H and O–H groups in total. The SMILES string of the molecule is CC(O)CNCc1cn(Cc2ccccc2)nc1-c1ccc2c(c1)OCCCO2. The van der Waals surface area contributed by atoms with Gasteiger partial charge in [-0.1, -0.05) is 30.3 Å². The molecule has 6 nitrogen and oxygen atoms in total. The van der Waals surface area contributed by atoms with Crippen molar-refractivity contribution in [3.63, 3.8) is 0 Å². The molecule has 1 aliphatic heterocycles. The molecular formula is C23H27N3O3. The summed E-state index contributed by atoms with van der Waals surface area (Å²) in [4.78, 5) is 0. The normalized spacial score (nSPS) is 14.4. The molecule has 0 fully saturated rings. The highest BCUT2D eigenvalue weighted by Crippen LogP contribution is 2.34. The molecule has 0 spiro atoms. The van der Waals surface area contributed by atoms with Crippen molar-refractivity contribution in [2.45, 2.75) is 32.5 Å². The van der Waals surface area contributed by atoms with Crippen LogP contribution in [0.15, 0.2) is 54.7 Å². The van der Waals surface area contributed by atoms with E-state index in [1.165, 1.54) is 5.56 Å². The minimum absolute atomic E-state index is 0.393. The number of nitrogens with zero attached hydrogens (tertiary/aromatic N) is 2. The lowest BCUT2D eigenvalue weighted by atomic mass is 10.1. The van der Waals surface area contributed by atoms with E-state index in [1.54, 1.807) is 6.92 Å². The van der Waals surface area contributed by atoms with Crippen molar-refractivity contribution < 1.29 is 14.6 Å². The van der Waals surface area contributed by atoms with Gasteiger partial charge in [0.05, 0.1) is 31.6 Å². The van der Waals surface area contributed by atoms with E-state index in [1.807, 2.05) is 41.1 Å². The van der Waals surface area contributed by atoms with Crippen molar-refractivity contribution >= 4 is 0 Å². The second-order valence-corrected chi connectivity index (χ2v) is 7.38. The Morgan fingerprint density at radius 3 is 2.69 bits per heavy atom. The first-order chi connectivity index (χ1) is 14.2. The van der Waals surface area contributed by atoms with Crippen LogP contribution in [0.5, 0.6) is 11.5 Å². The van der Waals surface area contributed by atoms with Crippen LogP contribution in [-0.4, -0.2) is 40.7 Å². The number of fused-ring (bicyclic) bond motifs is 1. The maximum Gasteiger partial charge on any atom is 0.161 e. The summed E-state index contributed by atoms with van der Waals surface area (Å²) in [6, 6.07) is 16.3. The summed E-state index contributed by atoms with van der Waals surface area (Å²) in [5.41, 5.74) is 4.18. The van der Waals surface area contributed by atoms with Gasteiger partial charge in [0.15, 0.2) is 11.5 Å². The first-order valence-corrected chi connectivity index (χ1v) is 10.1. The lowest BCUT2D eigenvalue weighted by Gasteiger charge is -2.10. The van der Waals surface area contributed by atoms with E-state index in [4.69, 9.17) is 14.6 Å². The van der Waals surface area contributed by atoms with Crippen molar-refractivity contribution in [1.82, 2.24) is 15.1 Å². The van der Waals surface area contributed by atoms with Crippen molar-refractivity contribution in [1.29, 1.82) is 0 Å². The van der Waals surface area contributed by atoms with E-state index in [-0.39, 0.29) is 0 Å². The molecule has 2 heterocycles. The van der Waals surface area contributed by atoms with E-state index in [9.17, 15) is 5.11 Å². The summed E-state index contributed by atoms with van der Waals surface area (Å²) in [5, 5.41) is 17.7. The van der Waals surface area contributed by atoms with Gasteiger partial charge in [0.2, 0.25) is 0 Å². The van der Waals surface area contributed by atoms with Crippen LogP contribution in [0, 0.1) is 0 Å². The van der Waals surface area contributed by atoms with Gasteiger partial charge in [0, 0.05) is 36.8 Å². The first kappa shape index (κ1) is 19.5. The van der Waals surface area contributed by atoms with Crippen LogP contribution < -0.4 is 14.8 Å². The largest absolute Gasteiger partial charge is 0.490 e. The molecule has 1 aliphatic rings. The Labute approximate surface area is 171 Å². The van der Waals surface area contributed by atoms with Crippen molar-refractivity contribution in [2.24, 2.45) is 0 Å². The Hall–Kier alpha value is -2.83. The number of ether oxygens (including phenoxy) is 2. The molecule has 0 saturated carbocycles. The fourth-order valence-corrected chi connectivity index (χ4v) is 3.41. The number of hydrogen-bond donors (Lipinski definition) is 2. The number of aliphatic hydroxyl groups excluding tert-OH is 1.